The predicted octanol–water partition coefficient (Wildman–Crippen LogP) is 1.45. The van der Waals surface area contributed by atoms with Crippen molar-refractivity contribution in [1.82, 2.24) is 4.98 Å². The molecule has 1 aliphatic carbocycles. The number of halogens is 1. The van der Waals surface area contributed by atoms with E-state index in [2.05, 4.69) is 10.3 Å². The van der Waals surface area contributed by atoms with Crippen LogP contribution in [-0.4, -0.2) is 23.6 Å². The molecule has 5 nitrogen and oxygen atoms in total. The quantitative estimate of drug-likeness (QED) is 0.856. The topological polar surface area (TPSA) is 77.2 Å². The lowest BCUT2D eigenvalue weighted by atomic mass is 10.3. The molecule has 0 aliphatic heterocycles. The third kappa shape index (κ3) is 3.57. The molecule has 1 aliphatic rings. The minimum absolute atomic E-state index is 0. The highest BCUT2D eigenvalue weighted by Crippen LogP contribution is 2.34. The number of nitrogens with one attached hydrogen (secondary N) is 1. The molecule has 3 N–H and O–H groups in total. The molecule has 0 saturated heterocycles. The first-order valence-electron chi connectivity index (χ1n) is 5.34. The lowest BCUT2D eigenvalue weighted by Crippen LogP contribution is -2.16. The van der Waals surface area contributed by atoms with Gasteiger partial charge in [0.05, 0.1) is 23.9 Å². The van der Waals surface area contributed by atoms with Gasteiger partial charge in [-0.2, -0.15) is 0 Å². The van der Waals surface area contributed by atoms with Gasteiger partial charge >= 0.3 is 0 Å². The van der Waals surface area contributed by atoms with E-state index in [4.69, 9.17) is 10.5 Å². The van der Waals surface area contributed by atoms with Crippen molar-refractivity contribution in [1.29, 1.82) is 0 Å². The highest BCUT2D eigenvalue weighted by Gasteiger charge is 2.43. The third-order valence-corrected chi connectivity index (χ3v) is 2.50. The molecule has 0 aromatic carbocycles. The molecular formula is C11H16ClN3O2. The molecule has 94 valence electrons. The monoisotopic (exact) mass is 257 g/mol. The Morgan fingerprint density at radius 1 is 1.65 bits per heavy atom. The predicted molar refractivity (Wildman–Crippen MR) is 68.0 cm³/mol. The zero-order chi connectivity index (χ0) is 11.5. The smallest absolute Gasteiger partial charge is 0.230 e. The number of carbonyl (C=O) groups is 1. The molecule has 17 heavy (non-hydrogen) atoms. The van der Waals surface area contributed by atoms with E-state index >= 15 is 0 Å². The number of rotatable bonds is 4. The maximum absolute atomic E-state index is 11.7. The summed E-state index contributed by atoms with van der Waals surface area (Å²) in [4.78, 5) is 15.6. The number of amides is 1. The summed E-state index contributed by atoms with van der Waals surface area (Å²) in [6, 6.07) is 3.39. The first-order chi connectivity index (χ1) is 7.70. The van der Waals surface area contributed by atoms with Crippen LogP contribution in [0.15, 0.2) is 18.3 Å². The molecule has 0 spiro atoms. The summed E-state index contributed by atoms with van der Waals surface area (Å²) in [7, 11) is 0. The Labute approximate surface area is 106 Å². The lowest BCUT2D eigenvalue weighted by Gasteiger charge is -2.04. The Kier molecular flexibility index (Phi) is 4.72. The minimum atomic E-state index is -0.0162. The fourth-order valence-corrected chi connectivity index (χ4v) is 1.56. The van der Waals surface area contributed by atoms with Gasteiger partial charge in [-0.1, -0.05) is 0 Å². The van der Waals surface area contributed by atoms with Gasteiger partial charge in [-0.15, -0.1) is 12.4 Å². The number of anilines is 2. The molecule has 1 heterocycles. The summed E-state index contributed by atoms with van der Waals surface area (Å²) in [5, 5.41) is 2.78. The molecule has 0 bridgehead atoms. The van der Waals surface area contributed by atoms with Crippen molar-refractivity contribution in [3.05, 3.63) is 18.3 Å². The van der Waals surface area contributed by atoms with Gasteiger partial charge in [0.15, 0.2) is 0 Å². The van der Waals surface area contributed by atoms with Crippen molar-refractivity contribution in [2.45, 2.75) is 19.4 Å². The van der Waals surface area contributed by atoms with Crippen molar-refractivity contribution in [2.75, 3.05) is 17.7 Å². The second-order valence-electron chi connectivity index (χ2n) is 3.80. The molecule has 1 amide bonds. The van der Waals surface area contributed by atoms with Gasteiger partial charge in [-0.05, 0) is 25.5 Å². The van der Waals surface area contributed by atoms with Crippen LogP contribution >= 0.6 is 12.4 Å². The standard InChI is InChI=1S/C11H15N3O2.ClH/c1-2-16-9-5-8(9)11(15)14-7-3-4-10(12)13-6-7;/h3-4,6,8-9H,2,5H2,1H3,(H2,12,13)(H,14,15);1H. The zero-order valence-corrected chi connectivity index (χ0v) is 10.4. The van der Waals surface area contributed by atoms with Gasteiger partial charge in [0.1, 0.15) is 5.82 Å². The van der Waals surface area contributed by atoms with Crippen LogP contribution in [0.3, 0.4) is 0 Å². The Hall–Kier alpha value is -1.33. The average Bonchev–Trinajstić information content (AvgIpc) is 3.01. The summed E-state index contributed by atoms with van der Waals surface area (Å²) >= 11 is 0. The molecule has 2 unspecified atom stereocenters. The first-order valence-corrected chi connectivity index (χ1v) is 5.34. The van der Waals surface area contributed by atoms with Crippen LogP contribution in [0, 0.1) is 5.92 Å². The zero-order valence-electron chi connectivity index (χ0n) is 9.55. The number of pyridine rings is 1. The van der Waals surface area contributed by atoms with Crippen LogP contribution in [0.4, 0.5) is 11.5 Å². The fraction of sp³-hybridized carbons (Fsp3) is 0.455. The molecule has 0 radical (unpaired) electrons. The summed E-state index contributed by atoms with van der Waals surface area (Å²) in [6.07, 6.45) is 2.44. The van der Waals surface area contributed by atoms with Gasteiger partial charge in [0.25, 0.3) is 0 Å². The number of nitrogen functional groups attached to an aromatic ring is 1. The van der Waals surface area contributed by atoms with E-state index in [0.717, 1.165) is 6.42 Å². The van der Waals surface area contributed by atoms with E-state index in [1.165, 1.54) is 0 Å². The lowest BCUT2D eigenvalue weighted by molar-refractivity contribution is -0.118. The van der Waals surface area contributed by atoms with E-state index in [1.807, 2.05) is 6.92 Å². The molecule has 1 fully saturated rings. The van der Waals surface area contributed by atoms with Gasteiger partial charge in [0.2, 0.25) is 5.91 Å². The van der Waals surface area contributed by atoms with Crippen molar-refractivity contribution in [2.24, 2.45) is 5.92 Å². The summed E-state index contributed by atoms with van der Waals surface area (Å²) in [5.41, 5.74) is 6.12. The average molecular weight is 258 g/mol. The van der Waals surface area contributed by atoms with Crippen LogP contribution in [0.25, 0.3) is 0 Å². The number of aromatic nitrogens is 1. The second kappa shape index (κ2) is 5.84. The number of nitrogens with zero attached hydrogens (tertiary/aromatic N) is 1. The summed E-state index contributed by atoms with van der Waals surface area (Å²) in [5.74, 6) is 0.416. The van der Waals surface area contributed by atoms with Crippen molar-refractivity contribution >= 4 is 29.8 Å². The Morgan fingerprint density at radius 3 is 3.00 bits per heavy atom. The fourth-order valence-electron chi connectivity index (χ4n) is 1.56. The summed E-state index contributed by atoms with van der Waals surface area (Å²) < 4.78 is 5.35. The Morgan fingerprint density at radius 2 is 2.41 bits per heavy atom. The van der Waals surface area contributed by atoms with Crippen LogP contribution in [0.5, 0.6) is 0 Å². The molecule has 2 atom stereocenters. The van der Waals surface area contributed by atoms with Crippen molar-refractivity contribution < 1.29 is 9.53 Å². The number of hydrogen-bond donors (Lipinski definition) is 2. The van der Waals surface area contributed by atoms with Crippen LogP contribution in [0.1, 0.15) is 13.3 Å². The largest absolute Gasteiger partial charge is 0.384 e. The second-order valence-corrected chi connectivity index (χ2v) is 3.80. The SMILES string of the molecule is CCOC1CC1C(=O)Nc1ccc(N)nc1.Cl. The molecule has 1 aromatic heterocycles. The Bertz CT molecular complexity index is 383. The maximum Gasteiger partial charge on any atom is 0.230 e. The normalized spacial score (nSPS) is 21.5. The van der Waals surface area contributed by atoms with E-state index in [1.54, 1.807) is 18.3 Å². The van der Waals surface area contributed by atoms with Crippen molar-refractivity contribution in [3.8, 4) is 0 Å². The summed E-state index contributed by atoms with van der Waals surface area (Å²) in [6.45, 7) is 2.58. The van der Waals surface area contributed by atoms with Gasteiger partial charge in [0, 0.05) is 6.61 Å². The number of ether oxygens (including phenoxy) is 1. The number of hydrogen-bond acceptors (Lipinski definition) is 4. The van der Waals surface area contributed by atoms with E-state index in [0.29, 0.717) is 18.1 Å². The van der Waals surface area contributed by atoms with Crippen LogP contribution < -0.4 is 11.1 Å². The van der Waals surface area contributed by atoms with Gasteiger partial charge in [-0.3, -0.25) is 4.79 Å². The van der Waals surface area contributed by atoms with Crippen molar-refractivity contribution in [3.63, 3.8) is 0 Å². The molecule has 6 heteroatoms. The number of carbonyl (C=O) groups excluding carboxylic acids is 1. The van der Waals surface area contributed by atoms with Crippen LogP contribution in [-0.2, 0) is 9.53 Å². The Balaban J connectivity index is 0.00000144. The van der Waals surface area contributed by atoms with Gasteiger partial charge in [-0.25, -0.2) is 4.98 Å². The molecular weight excluding hydrogens is 242 g/mol. The molecule has 1 aromatic rings. The van der Waals surface area contributed by atoms with Gasteiger partial charge < -0.3 is 15.8 Å². The molecule has 1 saturated carbocycles. The van der Waals surface area contributed by atoms with E-state index in [9.17, 15) is 4.79 Å². The molecule has 2 rings (SSSR count). The highest BCUT2D eigenvalue weighted by molar-refractivity contribution is 5.94. The first kappa shape index (κ1) is 13.7. The highest BCUT2D eigenvalue weighted by atomic mass is 35.5. The number of nitrogens with two attached hydrogens (primary N) is 1. The third-order valence-electron chi connectivity index (χ3n) is 2.50. The minimum Gasteiger partial charge on any atom is -0.384 e. The van der Waals surface area contributed by atoms with Crippen LogP contribution in [0.2, 0.25) is 0 Å². The van der Waals surface area contributed by atoms with E-state index in [-0.39, 0.29) is 30.3 Å². The maximum atomic E-state index is 11.7. The van der Waals surface area contributed by atoms with E-state index < -0.39 is 0 Å².